The number of piperidine rings is 1. The molecule has 2 aliphatic heterocycles. The van der Waals surface area contributed by atoms with Gasteiger partial charge < -0.3 is 25.2 Å². The van der Waals surface area contributed by atoms with Crippen LogP contribution in [0.2, 0.25) is 5.02 Å². The van der Waals surface area contributed by atoms with E-state index in [2.05, 4.69) is 25.2 Å². The van der Waals surface area contributed by atoms with Crippen LogP contribution in [-0.2, 0) is 11.3 Å². The van der Waals surface area contributed by atoms with Gasteiger partial charge in [-0.1, -0.05) is 30.2 Å². The molecule has 0 saturated carbocycles. The fourth-order valence-electron chi connectivity index (χ4n) is 4.51. The normalized spacial score (nSPS) is 26.6. The summed E-state index contributed by atoms with van der Waals surface area (Å²) >= 11 is 6.07. The molecule has 0 bridgehead atoms. The average Bonchev–Trinajstić information content (AvgIpc) is 3.35. The van der Waals surface area contributed by atoms with Crippen molar-refractivity contribution in [2.75, 3.05) is 25.0 Å². The number of hydrogen-bond acceptors (Lipinski definition) is 8. The Bertz CT molecular complexity index is 1070. The zero-order chi connectivity index (χ0) is 22.1. The lowest BCUT2D eigenvalue weighted by Crippen LogP contribution is -2.42. The van der Waals surface area contributed by atoms with Crippen LogP contribution in [0.3, 0.4) is 0 Å². The first-order valence-electron chi connectivity index (χ1n) is 11.0. The van der Waals surface area contributed by atoms with Crippen LogP contribution in [0.25, 0.3) is 11.2 Å². The minimum absolute atomic E-state index is 0.465. The molecule has 10 heteroatoms. The lowest BCUT2D eigenvalue weighted by atomic mass is 10.1. The van der Waals surface area contributed by atoms with Gasteiger partial charge in [-0.25, -0.2) is 15.0 Å². The van der Waals surface area contributed by atoms with Gasteiger partial charge >= 0.3 is 0 Å². The van der Waals surface area contributed by atoms with Gasteiger partial charge in [0.2, 0.25) is 0 Å². The quantitative estimate of drug-likeness (QED) is 0.516. The fourth-order valence-corrected chi connectivity index (χ4v) is 4.72. The lowest BCUT2D eigenvalue weighted by Gasteiger charge is -2.29. The number of aromatic nitrogens is 4. The standard InChI is InChI=1S/C22H27ClN6O3/c23-15-6-4-5-14(9-15)10-24-20-17-21(26-12-25-20)29(13-27-17)22-19(31)18(30)16(32-22)11-28-7-2-1-3-8-28/h4-6,9,12-13,16,18-19,22,30-31H,1-3,7-8,10-11H2,(H,24,25,26)/t16-,18-,19-,22-/m1/s1. The van der Waals surface area contributed by atoms with Gasteiger partial charge in [-0.2, -0.15) is 0 Å². The van der Waals surface area contributed by atoms with Crippen molar-refractivity contribution in [3.63, 3.8) is 0 Å². The summed E-state index contributed by atoms with van der Waals surface area (Å²) in [4.78, 5) is 15.4. The van der Waals surface area contributed by atoms with E-state index in [9.17, 15) is 10.2 Å². The molecule has 2 fully saturated rings. The average molecular weight is 459 g/mol. The molecule has 0 radical (unpaired) electrons. The van der Waals surface area contributed by atoms with E-state index in [0.717, 1.165) is 31.5 Å². The van der Waals surface area contributed by atoms with Gasteiger partial charge in [0.15, 0.2) is 23.2 Å². The Labute approximate surface area is 191 Å². The largest absolute Gasteiger partial charge is 0.387 e. The summed E-state index contributed by atoms with van der Waals surface area (Å²) in [5.41, 5.74) is 2.12. The van der Waals surface area contributed by atoms with Crippen LogP contribution in [0.5, 0.6) is 0 Å². The van der Waals surface area contributed by atoms with Crippen LogP contribution in [0, 0.1) is 0 Å². The summed E-state index contributed by atoms with van der Waals surface area (Å²) in [7, 11) is 0. The third kappa shape index (κ3) is 4.31. The maximum absolute atomic E-state index is 10.7. The molecule has 5 rings (SSSR count). The molecular formula is C22H27ClN6O3. The maximum Gasteiger partial charge on any atom is 0.167 e. The second kappa shape index (κ2) is 9.29. The highest BCUT2D eigenvalue weighted by Crippen LogP contribution is 2.33. The highest BCUT2D eigenvalue weighted by Gasteiger charge is 2.44. The van der Waals surface area contributed by atoms with Crippen LogP contribution in [0.4, 0.5) is 5.82 Å². The van der Waals surface area contributed by atoms with E-state index in [0.29, 0.717) is 35.1 Å². The Morgan fingerprint density at radius 2 is 1.94 bits per heavy atom. The molecule has 32 heavy (non-hydrogen) atoms. The number of imidazole rings is 1. The molecule has 3 aromatic rings. The number of nitrogens with zero attached hydrogens (tertiary/aromatic N) is 5. The van der Waals surface area contributed by atoms with E-state index >= 15 is 0 Å². The van der Waals surface area contributed by atoms with Gasteiger partial charge in [-0.05, 0) is 43.6 Å². The number of fused-ring (bicyclic) bond motifs is 1. The van der Waals surface area contributed by atoms with Crippen molar-refractivity contribution in [1.29, 1.82) is 0 Å². The van der Waals surface area contributed by atoms with Gasteiger partial charge in [0.25, 0.3) is 0 Å². The Morgan fingerprint density at radius 1 is 1.09 bits per heavy atom. The fraction of sp³-hybridized carbons (Fsp3) is 0.500. The highest BCUT2D eigenvalue weighted by atomic mass is 35.5. The van der Waals surface area contributed by atoms with Crippen LogP contribution in [-0.4, -0.2) is 72.6 Å². The number of nitrogens with one attached hydrogen (secondary N) is 1. The zero-order valence-corrected chi connectivity index (χ0v) is 18.4. The predicted octanol–water partition coefficient (Wildman–Crippen LogP) is 2.20. The molecule has 0 spiro atoms. The van der Waals surface area contributed by atoms with E-state index in [-0.39, 0.29) is 0 Å². The Kier molecular flexibility index (Phi) is 6.25. The molecule has 4 heterocycles. The molecule has 2 saturated heterocycles. The van der Waals surface area contributed by atoms with Crippen molar-refractivity contribution in [2.24, 2.45) is 0 Å². The number of likely N-dealkylation sites (tertiary alicyclic amines) is 1. The number of anilines is 1. The smallest absolute Gasteiger partial charge is 0.167 e. The Balaban J connectivity index is 1.33. The summed E-state index contributed by atoms with van der Waals surface area (Å²) < 4.78 is 7.78. The summed E-state index contributed by atoms with van der Waals surface area (Å²) in [6.07, 6.45) is 3.31. The number of hydrogen-bond donors (Lipinski definition) is 3. The lowest BCUT2D eigenvalue weighted by molar-refractivity contribution is -0.0454. The molecule has 0 unspecified atom stereocenters. The second-order valence-corrected chi connectivity index (χ2v) is 8.87. The van der Waals surface area contributed by atoms with E-state index in [4.69, 9.17) is 16.3 Å². The highest BCUT2D eigenvalue weighted by molar-refractivity contribution is 6.30. The van der Waals surface area contributed by atoms with Crippen LogP contribution in [0.1, 0.15) is 31.1 Å². The van der Waals surface area contributed by atoms with Crippen LogP contribution >= 0.6 is 11.6 Å². The summed E-state index contributed by atoms with van der Waals surface area (Å²) in [5, 5.41) is 25.3. The van der Waals surface area contributed by atoms with Gasteiger partial charge in [0, 0.05) is 18.1 Å². The molecule has 1 aromatic carbocycles. The minimum Gasteiger partial charge on any atom is -0.387 e. The van der Waals surface area contributed by atoms with Crippen molar-refractivity contribution in [2.45, 2.75) is 50.3 Å². The van der Waals surface area contributed by atoms with Crippen molar-refractivity contribution in [3.8, 4) is 0 Å². The van der Waals surface area contributed by atoms with E-state index in [1.807, 2.05) is 24.3 Å². The van der Waals surface area contributed by atoms with Crippen molar-refractivity contribution >= 4 is 28.6 Å². The number of ether oxygens (including phenoxy) is 1. The molecule has 9 nitrogen and oxygen atoms in total. The van der Waals surface area contributed by atoms with Crippen molar-refractivity contribution in [1.82, 2.24) is 24.4 Å². The first kappa shape index (κ1) is 21.5. The number of rotatable bonds is 6. The molecule has 3 N–H and O–H groups in total. The van der Waals surface area contributed by atoms with Gasteiger partial charge in [0.05, 0.1) is 6.33 Å². The number of aliphatic hydroxyl groups excluding tert-OH is 2. The summed E-state index contributed by atoms with van der Waals surface area (Å²) in [6, 6.07) is 7.59. The van der Waals surface area contributed by atoms with Gasteiger partial charge in [-0.3, -0.25) is 4.57 Å². The van der Waals surface area contributed by atoms with E-state index in [1.165, 1.54) is 12.7 Å². The van der Waals surface area contributed by atoms with E-state index in [1.54, 1.807) is 10.9 Å². The molecule has 2 aromatic heterocycles. The summed E-state index contributed by atoms with van der Waals surface area (Å²) in [6.45, 7) is 3.12. The number of aliphatic hydroxyl groups is 2. The van der Waals surface area contributed by atoms with Crippen molar-refractivity contribution < 1.29 is 14.9 Å². The number of halogens is 1. The Hall–Kier alpha value is -2.30. The van der Waals surface area contributed by atoms with Crippen LogP contribution < -0.4 is 5.32 Å². The third-order valence-electron chi connectivity index (χ3n) is 6.21. The maximum atomic E-state index is 10.7. The monoisotopic (exact) mass is 458 g/mol. The van der Waals surface area contributed by atoms with Gasteiger partial charge in [0.1, 0.15) is 24.6 Å². The SMILES string of the molecule is O[C@@H]1[C@H](O)[C@@H](CN2CCCCC2)O[C@H]1n1cnc2c(NCc3cccc(Cl)c3)ncnc21. The third-order valence-corrected chi connectivity index (χ3v) is 6.44. The minimum atomic E-state index is -1.07. The molecule has 0 amide bonds. The van der Waals surface area contributed by atoms with E-state index < -0.39 is 24.5 Å². The zero-order valence-electron chi connectivity index (χ0n) is 17.6. The molecule has 4 atom stereocenters. The van der Waals surface area contributed by atoms with Crippen LogP contribution in [0.15, 0.2) is 36.9 Å². The summed E-state index contributed by atoms with van der Waals surface area (Å²) in [5.74, 6) is 0.576. The predicted molar refractivity (Wildman–Crippen MR) is 120 cm³/mol. The topological polar surface area (TPSA) is 109 Å². The molecule has 0 aliphatic carbocycles. The molecular weight excluding hydrogens is 432 g/mol. The molecule has 170 valence electrons. The first-order valence-corrected chi connectivity index (χ1v) is 11.4. The van der Waals surface area contributed by atoms with Gasteiger partial charge in [-0.15, -0.1) is 0 Å². The van der Waals surface area contributed by atoms with Crippen molar-refractivity contribution in [3.05, 3.63) is 47.5 Å². The second-order valence-electron chi connectivity index (χ2n) is 8.44. The first-order chi connectivity index (χ1) is 15.6. The molecule has 2 aliphatic rings. The number of benzene rings is 1. The Morgan fingerprint density at radius 3 is 2.75 bits per heavy atom.